The summed E-state index contributed by atoms with van der Waals surface area (Å²) >= 11 is 0. The summed E-state index contributed by atoms with van der Waals surface area (Å²) in [4.78, 5) is 2.44. The Hall–Kier alpha value is -1.02. The maximum absolute atomic E-state index is 9.70. The molecule has 1 heterocycles. The quantitative estimate of drug-likeness (QED) is 0.802. The lowest BCUT2D eigenvalue weighted by molar-refractivity contribution is 0.253. The second-order valence-corrected chi connectivity index (χ2v) is 4.75. The highest BCUT2D eigenvalue weighted by Crippen LogP contribution is 2.26. The Kier molecular flexibility index (Phi) is 2.96. The SMILES string of the molecule is CC1CC(C)N(Cc2ccccc2O)C1. The zero-order valence-corrected chi connectivity index (χ0v) is 9.48. The molecule has 1 N–H and O–H groups in total. The van der Waals surface area contributed by atoms with Crippen LogP contribution in [0.5, 0.6) is 5.75 Å². The van der Waals surface area contributed by atoms with Gasteiger partial charge in [-0.15, -0.1) is 0 Å². The highest BCUT2D eigenvalue weighted by Gasteiger charge is 2.26. The van der Waals surface area contributed by atoms with E-state index in [1.54, 1.807) is 6.07 Å². The molecule has 0 amide bonds. The van der Waals surface area contributed by atoms with Gasteiger partial charge in [-0.1, -0.05) is 25.1 Å². The van der Waals surface area contributed by atoms with Gasteiger partial charge in [0.25, 0.3) is 0 Å². The van der Waals surface area contributed by atoms with Gasteiger partial charge in [-0.05, 0) is 25.3 Å². The molecule has 1 aliphatic heterocycles. The third-order valence-corrected chi connectivity index (χ3v) is 3.28. The van der Waals surface area contributed by atoms with Crippen LogP contribution in [0.25, 0.3) is 0 Å². The number of hydrogen-bond acceptors (Lipinski definition) is 2. The van der Waals surface area contributed by atoms with Gasteiger partial charge in [0.2, 0.25) is 0 Å². The number of hydrogen-bond donors (Lipinski definition) is 1. The Morgan fingerprint density at radius 1 is 1.33 bits per heavy atom. The number of benzene rings is 1. The van der Waals surface area contributed by atoms with Crippen LogP contribution >= 0.6 is 0 Å². The molecule has 0 spiro atoms. The fourth-order valence-electron chi connectivity index (χ4n) is 2.47. The van der Waals surface area contributed by atoms with Gasteiger partial charge < -0.3 is 5.11 Å². The van der Waals surface area contributed by atoms with Crippen molar-refractivity contribution in [1.29, 1.82) is 0 Å². The van der Waals surface area contributed by atoms with Gasteiger partial charge in [0, 0.05) is 24.7 Å². The molecule has 15 heavy (non-hydrogen) atoms. The summed E-state index contributed by atoms with van der Waals surface area (Å²) < 4.78 is 0. The maximum Gasteiger partial charge on any atom is 0.120 e. The summed E-state index contributed by atoms with van der Waals surface area (Å²) in [5.74, 6) is 1.20. The van der Waals surface area contributed by atoms with Crippen LogP contribution in [0, 0.1) is 5.92 Å². The Morgan fingerprint density at radius 2 is 2.07 bits per heavy atom. The highest BCUT2D eigenvalue weighted by atomic mass is 16.3. The molecule has 0 bridgehead atoms. The van der Waals surface area contributed by atoms with Crippen molar-refractivity contribution in [1.82, 2.24) is 4.90 Å². The predicted molar refractivity (Wildman–Crippen MR) is 61.8 cm³/mol. The first kappa shape index (κ1) is 10.5. The van der Waals surface area contributed by atoms with Gasteiger partial charge in [0.05, 0.1) is 0 Å². The Labute approximate surface area is 91.5 Å². The molecule has 0 aromatic heterocycles. The van der Waals surface area contributed by atoms with Crippen LogP contribution in [-0.2, 0) is 6.54 Å². The molecule has 2 heteroatoms. The molecule has 1 aromatic carbocycles. The van der Waals surface area contributed by atoms with Crippen LogP contribution in [0.4, 0.5) is 0 Å². The van der Waals surface area contributed by atoms with Crippen molar-refractivity contribution in [3.63, 3.8) is 0 Å². The number of rotatable bonds is 2. The molecular weight excluding hydrogens is 186 g/mol. The average Bonchev–Trinajstić information content (AvgIpc) is 2.49. The van der Waals surface area contributed by atoms with E-state index in [2.05, 4.69) is 18.7 Å². The van der Waals surface area contributed by atoms with Gasteiger partial charge >= 0.3 is 0 Å². The van der Waals surface area contributed by atoms with Crippen molar-refractivity contribution < 1.29 is 5.11 Å². The Bertz CT molecular complexity index is 337. The normalized spacial score (nSPS) is 27.1. The van der Waals surface area contributed by atoms with Gasteiger partial charge in [-0.25, -0.2) is 0 Å². The minimum atomic E-state index is 0.421. The molecule has 2 unspecified atom stereocenters. The lowest BCUT2D eigenvalue weighted by Gasteiger charge is -2.21. The van der Waals surface area contributed by atoms with Gasteiger partial charge in [-0.3, -0.25) is 4.90 Å². The smallest absolute Gasteiger partial charge is 0.120 e. The molecule has 1 fully saturated rings. The van der Waals surface area contributed by atoms with Crippen molar-refractivity contribution in [2.45, 2.75) is 32.9 Å². The molecule has 2 nitrogen and oxygen atoms in total. The number of likely N-dealkylation sites (tertiary alicyclic amines) is 1. The zero-order valence-electron chi connectivity index (χ0n) is 9.48. The van der Waals surface area contributed by atoms with E-state index in [9.17, 15) is 5.11 Å². The second-order valence-electron chi connectivity index (χ2n) is 4.75. The van der Waals surface area contributed by atoms with E-state index in [1.807, 2.05) is 18.2 Å². The summed E-state index contributed by atoms with van der Waals surface area (Å²) in [6.45, 7) is 6.58. The summed E-state index contributed by atoms with van der Waals surface area (Å²) in [5, 5.41) is 9.70. The lowest BCUT2D eigenvalue weighted by atomic mass is 10.1. The summed E-state index contributed by atoms with van der Waals surface area (Å²) in [7, 11) is 0. The molecule has 2 atom stereocenters. The number of aromatic hydroxyl groups is 1. The topological polar surface area (TPSA) is 23.5 Å². The second kappa shape index (κ2) is 4.23. The van der Waals surface area contributed by atoms with Crippen molar-refractivity contribution in [3.05, 3.63) is 29.8 Å². The van der Waals surface area contributed by atoms with E-state index in [0.29, 0.717) is 11.8 Å². The van der Waals surface area contributed by atoms with Crippen molar-refractivity contribution >= 4 is 0 Å². The van der Waals surface area contributed by atoms with E-state index >= 15 is 0 Å². The van der Waals surface area contributed by atoms with Crippen molar-refractivity contribution in [2.24, 2.45) is 5.92 Å². The summed E-state index contributed by atoms with van der Waals surface area (Å²) in [6, 6.07) is 8.26. The van der Waals surface area contributed by atoms with Crippen LogP contribution in [0.1, 0.15) is 25.8 Å². The molecule has 1 saturated heterocycles. The minimum absolute atomic E-state index is 0.421. The molecule has 1 aliphatic rings. The first-order valence-corrected chi connectivity index (χ1v) is 5.67. The first-order valence-electron chi connectivity index (χ1n) is 5.67. The molecule has 1 aromatic rings. The third kappa shape index (κ3) is 2.32. The van der Waals surface area contributed by atoms with Crippen LogP contribution in [0.3, 0.4) is 0 Å². The molecule has 2 rings (SSSR count). The largest absolute Gasteiger partial charge is 0.508 e. The molecule has 0 saturated carbocycles. The van der Waals surface area contributed by atoms with Gasteiger partial charge in [0.15, 0.2) is 0 Å². The highest BCUT2D eigenvalue weighted by molar-refractivity contribution is 5.31. The third-order valence-electron chi connectivity index (χ3n) is 3.28. The predicted octanol–water partition coefficient (Wildman–Crippen LogP) is 2.62. The maximum atomic E-state index is 9.70. The van der Waals surface area contributed by atoms with Crippen LogP contribution in [0.15, 0.2) is 24.3 Å². The standard InChI is InChI=1S/C13H19NO/c1-10-7-11(2)14(8-10)9-12-5-3-4-6-13(12)15/h3-6,10-11,15H,7-9H2,1-2H3. The average molecular weight is 205 g/mol. The van der Waals surface area contributed by atoms with E-state index in [4.69, 9.17) is 0 Å². The Balaban J connectivity index is 2.06. The van der Waals surface area contributed by atoms with Crippen molar-refractivity contribution in [2.75, 3.05) is 6.54 Å². The number of nitrogens with zero attached hydrogens (tertiary/aromatic N) is 1. The van der Waals surface area contributed by atoms with E-state index < -0.39 is 0 Å². The summed E-state index contributed by atoms with van der Waals surface area (Å²) in [5.41, 5.74) is 1.04. The van der Waals surface area contributed by atoms with E-state index in [1.165, 1.54) is 6.42 Å². The van der Waals surface area contributed by atoms with Crippen molar-refractivity contribution in [3.8, 4) is 5.75 Å². The first-order chi connectivity index (χ1) is 7.16. The Morgan fingerprint density at radius 3 is 2.67 bits per heavy atom. The number of phenolic OH excluding ortho intramolecular Hbond substituents is 1. The fourth-order valence-corrected chi connectivity index (χ4v) is 2.47. The van der Waals surface area contributed by atoms with Gasteiger partial charge in [-0.2, -0.15) is 0 Å². The molecule has 0 aliphatic carbocycles. The molecule has 82 valence electrons. The molecular formula is C13H19NO. The zero-order chi connectivity index (χ0) is 10.8. The van der Waals surface area contributed by atoms with Crippen LogP contribution < -0.4 is 0 Å². The van der Waals surface area contributed by atoms with Crippen LogP contribution in [0.2, 0.25) is 0 Å². The number of phenols is 1. The number of para-hydroxylation sites is 1. The van der Waals surface area contributed by atoms with Crippen LogP contribution in [-0.4, -0.2) is 22.6 Å². The minimum Gasteiger partial charge on any atom is -0.508 e. The lowest BCUT2D eigenvalue weighted by Crippen LogP contribution is -2.26. The van der Waals surface area contributed by atoms with Gasteiger partial charge in [0.1, 0.15) is 5.75 Å². The monoisotopic (exact) mass is 205 g/mol. The fraction of sp³-hybridized carbons (Fsp3) is 0.538. The van der Waals surface area contributed by atoms with E-state index in [-0.39, 0.29) is 0 Å². The molecule has 0 radical (unpaired) electrons. The summed E-state index contributed by atoms with van der Waals surface area (Å²) in [6.07, 6.45) is 1.27. The van der Waals surface area contributed by atoms with E-state index in [0.717, 1.165) is 24.6 Å².